The fourth-order valence-corrected chi connectivity index (χ4v) is 2.00. The molecule has 0 spiro atoms. The summed E-state index contributed by atoms with van der Waals surface area (Å²) in [6, 6.07) is 10.7. The lowest BCUT2D eigenvalue weighted by Crippen LogP contribution is -2.05. The molecule has 1 N–H and O–H groups in total. The molecular weight excluding hydrogens is 298 g/mol. The summed E-state index contributed by atoms with van der Waals surface area (Å²) in [6.45, 7) is 0.0461. The number of carboxylic acids is 1. The summed E-state index contributed by atoms with van der Waals surface area (Å²) in [7, 11) is 0. The zero-order valence-electron chi connectivity index (χ0n) is 10.7. The summed E-state index contributed by atoms with van der Waals surface area (Å²) in [5.41, 5.74) is -0.256. The average Bonchev–Trinajstić information content (AvgIpc) is 2.44. The topological polar surface area (TPSA) is 89.7 Å². The molecule has 0 amide bonds. The average molecular weight is 308 g/mol. The van der Waals surface area contributed by atoms with E-state index in [0.717, 1.165) is 11.6 Å². The number of aromatic carboxylic acids is 1. The monoisotopic (exact) mass is 307 g/mol. The minimum atomic E-state index is -1.38. The largest absolute Gasteiger partial charge is 0.482 e. The van der Waals surface area contributed by atoms with Crippen molar-refractivity contribution in [3.8, 4) is 5.75 Å². The Morgan fingerprint density at radius 2 is 2.00 bits per heavy atom. The van der Waals surface area contributed by atoms with Crippen LogP contribution >= 0.6 is 11.6 Å². The minimum absolute atomic E-state index is 0.0461. The number of carboxylic acid groups (broad SMARTS) is 1. The summed E-state index contributed by atoms with van der Waals surface area (Å²) >= 11 is 5.83. The quantitative estimate of drug-likeness (QED) is 0.674. The standard InChI is InChI=1S/C14H10ClNO5/c15-10-4-1-3-9(7-10)8-21-12-6-2-5-11(14(17)18)13(12)16(19)20/h1-7H,8H2,(H,17,18). The third-order valence-electron chi connectivity index (χ3n) is 2.70. The van der Waals surface area contributed by atoms with Crippen molar-refractivity contribution in [2.45, 2.75) is 6.61 Å². The highest BCUT2D eigenvalue weighted by molar-refractivity contribution is 6.30. The number of carbonyl (C=O) groups is 1. The molecule has 0 saturated carbocycles. The van der Waals surface area contributed by atoms with E-state index >= 15 is 0 Å². The highest BCUT2D eigenvalue weighted by Crippen LogP contribution is 2.31. The number of nitro groups is 1. The molecule has 0 aliphatic carbocycles. The van der Waals surface area contributed by atoms with E-state index in [0.29, 0.717) is 5.02 Å². The Balaban J connectivity index is 2.30. The second-order valence-corrected chi connectivity index (χ2v) is 4.57. The fourth-order valence-electron chi connectivity index (χ4n) is 1.79. The van der Waals surface area contributed by atoms with E-state index in [1.54, 1.807) is 24.3 Å². The van der Waals surface area contributed by atoms with Crippen molar-refractivity contribution in [2.24, 2.45) is 0 Å². The number of halogens is 1. The van der Waals surface area contributed by atoms with Gasteiger partial charge in [0.2, 0.25) is 0 Å². The maximum Gasteiger partial charge on any atom is 0.342 e. The second-order valence-electron chi connectivity index (χ2n) is 4.13. The van der Waals surface area contributed by atoms with Gasteiger partial charge >= 0.3 is 11.7 Å². The van der Waals surface area contributed by atoms with E-state index in [1.165, 1.54) is 12.1 Å². The van der Waals surface area contributed by atoms with Gasteiger partial charge < -0.3 is 9.84 Å². The lowest BCUT2D eigenvalue weighted by molar-refractivity contribution is -0.386. The zero-order chi connectivity index (χ0) is 15.4. The van der Waals surface area contributed by atoms with Crippen molar-refractivity contribution in [1.29, 1.82) is 0 Å². The fraction of sp³-hybridized carbons (Fsp3) is 0.0714. The molecule has 0 bridgehead atoms. The van der Waals surface area contributed by atoms with Crippen molar-refractivity contribution in [2.75, 3.05) is 0 Å². The van der Waals surface area contributed by atoms with Gasteiger partial charge in [0.15, 0.2) is 5.75 Å². The van der Waals surface area contributed by atoms with Gasteiger partial charge in [0.05, 0.1) is 4.92 Å². The number of rotatable bonds is 5. The summed E-state index contributed by atoms with van der Waals surface area (Å²) in [6.07, 6.45) is 0. The number of ether oxygens (including phenoxy) is 1. The molecule has 2 rings (SSSR count). The van der Waals surface area contributed by atoms with Crippen LogP contribution in [-0.4, -0.2) is 16.0 Å². The van der Waals surface area contributed by atoms with Gasteiger partial charge in [-0.25, -0.2) is 4.79 Å². The van der Waals surface area contributed by atoms with Crippen molar-refractivity contribution in [3.63, 3.8) is 0 Å². The van der Waals surface area contributed by atoms with Crippen LogP contribution in [0.5, 0.6) is 5.75 Å². The van der Waals surface area contributed by atoms with E-state index < -0.39 is 22.1 Å². The molecule has 2 aromatic carbocycles. The van der Waals surface area contributed by atoms with Crippen LogP contribution in [0.15, 0.2) is 42.5 Å². The number of hydrogen-bond acceptors (Lipinski definition) is 4. The van der Waals surface area contributed by atoms with E-state index in [-0.39, 0.29) is 12.4 Å². The van der Waals surface area contributed by atoms with Crippen LogP contribution in [0.25, 0.3) is 0 Å². The van der Waals surface area contributed by atoms with Gasteiger partial charge in [0.25, 0.3) is 0 Å². The first kappa shape index (κ1) is 14.8. The summed E-state index contributed by atoms with van der Waals surface area (Å²) in [5, 5.41) is 20.6. The molecule has 0 unspecified atom stereocenters. The third kappa shape index (κ3) is 3.49. The lowest BCUT2D eigenvalue weighted by Gasteiger charge is -2.08. The van der Waals surface area contributed by atoms with E-state index in [2.05, 4.69) is 0 Å². The molecule has 108 valence electrons. The van der Waals surface area contributed by atoms with Gasteiger partial charge in [-0.1, -0.05) is 29.8 Å². The number of nitro benzene ring substituents is 1. The number of nitrogens with zero attached hydrogens (tertiary/aromatic N) is 1. The van der Waals surface area contributed by atoms with Crippen molar-refractivity contribution in [1.82, 2.24) is 0 Å². The maximum atomic E-state index is 11.1. The van der Waals surface area contributed by atoms with Gasteiger partial charge in [0, 0.05) is 5.02 Å². The van der Waals surface area contributed by atoms with Gasteiger partial charge in [-0.2, -0.15) is 0 Å². The van der Waals surface area contributed by atoms with E-state index in [9.17, 15) is 14.9 Å². The Hall–Kier alpha value is -2.60. The molecule has 0 radical (unpaired) electrons. The molecule has 0 aromatic heterocycles. The lowest BCUT2D eigenvalue weighted by atomic mass is 10.1. The number of para-hydroxylation sites is 1. The normalized spacial score (nSPS) is 10.1. The van der Waals surface area contributed by atoms with Gasteiger partial charge in [-0.15, -0.1) is 0 Å². The SMILES string of the molecule is O=C(O)c1cccc(OCc2cccc(Cl)c2)c1[N+](=O)[O-]. The Kier molecular flexibility index (Phi) is 4.39. The molecule has 6 nitrogen and oxygen atoms in total. The molecule has 0 aliphatic heterocycles. The van der Waals surface area contributed by atoms with Gasteiger partial charge in [0.1, 0.15) is 12.2 Å². The highest BCUT2D eigenvalue weighted by Gasteiger charge is 2.25. The second kappa shape index (κ2) is 6.23. The Morgan fingerprint density at radius 3 is 2.62 bits per heavy atom. The summed E-state index contributed by atoms with van der Waals surface area (Å²) < 4.78 is 5.37. The molecule has 0 saturated heterocycles. The van der Waals surface area contributed by atoms with Crippen LogP contribution in [0.4, 0.5) is 5.69 Å². The first-order valence-corrected chi connectivity index (χ1v) is 6.25. The van der Waals surface area contributed by atoms with E-state index in [1.807, 2.05) is 0 Å². The van der Waals surface area contributed by atoms with Gasteiger partial charge in [-0.05, 0) is 29.8 Å². The molecule has 0 fully saturated rings. The van der Waals surface area contributed by atoms with Crippen molar-refractivity contribution >= 4 is 23.3 Å². The van der Waals surface area contributed by atoms with Crippen LogP contribution in [0.1, 0.15) is 15.9 Å². The van der Waals surface area contributed by atoms with Crippen molar-refractivity contribution in [3.05, 3.63) is 68.7 Å². The van der Waals surface area contributed by atoms with Gasteiger partial charge in [-0.3, -0.25) is 10.1 Å². The molecule has 0 aliphatic rings. The van der Waals surface area contributed by atoms with Crippen LogP contribution in [0.2, 0.25) is 5.02 Å². The molecule has 2 aromatic rings. The highest BCUT2D eigenvalue weighted by atomic mass is 35.5. The number of benzene rings is 2. The maximum absolute atomic E-state index is 11.1. The number of hydrogen-bond donors (Lipinski definition) is 1. The third-order valence-corrected chi connectivity index (χ3v) is 2.93. The predicted octanol–water partition coefficient (Wildman–Crippen LogP) is 3.53. The first-order chi connectivity index (χ1) is 9.99. The predicted molar refractivity (Wildman–Crippen MR) is 75.8 cm³/mol. The van der Waals surface area contributed by atoms with Crippen LogP contribution in [-0.2, 0) is 6.61 Å². The van der Waals surface area contributed by atoms with E-state index in [4.69, 9.17) is 21.4 Å². The van der Waals surface area contributed by atoms with Crippen LogP contribution in [0.3, 0.4) is 0 Å². The molecule has 21 heavy (non-hydrogen) atoms. The first-order valence-electron chi connectivity index (χ1n) is 5.87. The molecular formula is C14H10ClNO5. The Bertz CT molecular complexity index is 702. The molecule has 0 atom stereocenters. The molecule has 0 heterocycles. The Morgan fingerprint density at radius 1 is 1.29 bits per heavy atom. The Labute approximate surface area is 124 Å². The summed E-state index contributed by atoms with van der Waals surface area (Å²) in [5.74, 6) is -1.48. The molecule has 7 heteroatoms. The summed E-state index contributed by atoms with van der Waals surface area (Å²) in [4.78, 5) is 21.3. The van der Waals surface area contributed by atoms with Crippen LogP contribution < -0.4 is 4.74 Å². The zero-order valence-corrected chi connectivity index (χ0v) is 11.4. The van der Waals surface area contributed by atoms with Crippen LogP contribution in [0, 0.1) is 10.1 Å². The smallest absolute Gasteiger partial charge is 0.342 e. The minimum Gasteiger partial charge on any atom is -0.482 e. The van der Waals surface area contributed by atoms with Crippen molar-refractivity contribution < 1.29 is 19.6 Å².